The van der Waals surface area contributed by atoms with Crippen molar-refractivity contribution in [1.29, 1.82) is 0 Å². The van der Waals surface area contributed by atoms with Crippen LogP contribution in [0.3, 0.4) is 0 Å². The summed E-state index contributed by atoms with van der Waals surface area (Å²) in [5, 5.41) is 8.85. The molecule has 0 amide bonds. The third-order valence-corrected chi connectivity index (χ3v) is 2.61. The van der Waals surface area contributed by atoms with Crippen LogP contribution in [-0.2, 0) is 0 Å². The van der Waals surface area contributed by atoms with Gasteiger partial charge in [-0.15, -0.1) is 0 Å². The van der Waals surface area contributed by atoms with E-state index >= 15 is 0 Å². The highest BCUT2D eigenvalue weighted by Gasteiger charge is 2.11. The van der Waals surface area contributed by atoms with Gasteiger partial charge in [0.1, 0.15) is 5.82 Å². The van der Waals surface area contributed by atoms with Gasteiger partial charge in [0.2, 0.25) is 0 Å². The van der Waals surface area contributed by atoms with E-state index < -0.39 is 6.04 Å². The third kappa shape index (κ3) is 2.18. The second-order valence-electron chi connectivity index (χ2n) is 2.82. The number of aryl methyl sites for hydroxylation is 1. The van der Waals surface area contributed by atoms with E-state index in [1.54, 1.807) is 6.07 Å². The van der Waals surface area contributed by atoms with E-state index in [0.717, 1.165) is 10.2 Å². The van der Waals surface area contributed by atoms with Crippen molar-refractivity contribution in [3.63, 3.8) is 0 Å². The Kier molecular flexibility index (Phi) is 3.24. The lowest BCUT2D eigenvalue weighted by Gasteiger charge is -2.12. The maximum absolute atomic E-state index is 8.85. The molecule has 1 aromatic heterocycles. The average molecular weight is 246 g/mol. The topological polar surface area (TPSA) is 85.2 Å². The van der Waals surface area contributed by atoms with Crippen molar-refractivity contribution >= 4 is 21.7 Å². The van der Waals surface area contributed by atoms with Gasteiger partial charge in [0.25, 0.3) is 0 Å². The smallest absolute Gasteiger partial charge is 0.128 e. The quantitative estimate of drug-likeness (QED) is 0.718. The molecule has 1 unspecified atom stereocenters. The number of nitrogens with zero attached hydrogens (tertiary/aromatic N) is 1. The number of nitrogen functional groups attached to an aromatic ring is 1. The Bertz CT molecular complexity index is 317. The van der Waals surface area contributed by atoms with Gasteiger partial charge in [0, 0.05) is 10.0 Å². The molecule has 0 bridgehead atoms. The molecule has 0 aliphatic carbocycles. The normalized spacial score (nSPS) is 12.9. The molecule has 1 heterocycles. The standard InChI is InChI=1S/C8H12BrN3O/c1-4-6(9)2-5(7(10)3-13)8(11)12-4/h2,7,13H,3,10H2,1H3,(H2,11,12). The highest BCUT2D eigenvalue weighted by Crippen LogP contribution is 2.23. The Balaban J connectivity index is 3.15. The van der Waals surface area contributed by atoms with Crippen LogP contribution in [0.1, 0.15) is 17.3 Å². The highest BCUT2D eigenvalue weighted by molar-refractivity contribution is 9.10. The minimum absolute atomic E-state index is 0.138. The highest BCUT2D eigenvalue weighted by atomic mass is 79.9. The van der Waals surface area contributed by atoms with Crippen molar-refractivity contribution in [3.8, 4) is 0 Å². The van der Waals surface area contributed by atoms with Crippen molar-refractivity contribution in [2.24, 2.45) is 5.73 Å². The largest absolute Gasteiger partial charge is 0.394 e. The molecular weight excluding hydrogens is 234 g/mol. The van der Waals surface area contributed by atoms with Gasteiger partial charge in [-0.05, 0) is 28.9 Å². The Morgan fingerprint density at radius 3 is 2.85 bits per heavy atom. The molecule has 0 saturated carbocycles. The summed E-state index contributed by atoms with van der Waals surface area (Å²) in [5.41, 5.74) is 12.7. The van der Waals surface area contributed by atoms with Crippen LogP contribution in [0.25, 0.3) is 0 Å². The van der Waals surface area contributed by atoms with E-state index in [-0.39, 0.29) is 6.61 Å². The maximum atomic E-state index is 8.85. The maximum Gasteiger partial charge on any atom is 0.128 e. The first-order valence-electron chi connectivity index (χ1n) is 3.85. The van der Waals surface area contributed by atoms with Gasteiger partial charge in [-0.25, -0.2) is 4.98 Å². The molecule has 1 atom stereocenters. The van der Waals surface area contributed by atoms with Gasteiger partial charge in [0.05, 0.1) is 18.3 Å². The van der Waals surface area contributed by atoms with Crippen molar-refractivity contribution in [2.45, 2.75) is 13.0 Å². The first-order valence-corrected chi connectivity index (χ1v) is 4.64. The van der Waals surface area contributed by atoms with Crippen LogP contribution < -0.4 is 11.5 Å². The zero-order valence-electron chi connectivity index (χ0n) is 7.29. The summed E-state index contributed by atoms with van der Waals surface area (Å²) in [7, 11) is 0. The molecule has 0 aliphatic rings. The van der Waals surface area contributed by atoms with E-state index in [9.17, 15) is 0 Å². The minimum Gasteiger partial charge on any atom is -0.394 e. The Labute approximate surface area is 85.1 Å². The lowest BCUT2D eigenvalue weighted by Crippen LogP contribution is -2.17. The second-order valence-corrected chi connectivity index (χ2v) is 3.67. The zero-order chi connectivity index (χ0) is 10.0. The van der Waals surface area contributed by atoms with E-state index in [2.05, 4.69) is 20.9 Å². The molecule has 0 spiro atoms. The van der Waals surface area contributed by atoms with E-state index in [4.69, 9.17) is 16.6 Å². The number of anilines is 1. The first-order chi connectivity index (χ1) is 6.06. The summed E-state index contributed by atoms with van der Waals surface area (Å²) in [5.74, 6) is 0.377. The van der Waals surface area contributed by atoms with Gasteiger partial charge in [-0.3, -0.25) is 0 Å². The van der Waals surface area contributed by atoms with Crippen molar-refractivity contribution in [2.75, 3.05) is 12.3 Å². The van der Waals surface area contributed by atoms with Gasteiger partial charge in [0.15, 0.2) is 0 Å². The monoisotopic (exact) mass is 245 g/mol. The zero-order valence-corrected chi connectivity index (χ0v) is 8.87. The fourth-order valence-corrected chi connectivity index (χ4v) is 1.34. The van der Waals surface area contributed by atoms with Crippen LogP contribution in [0, 0.1) is 6.92 Å². The molecule has 5 heteroatoms. The van der Waals surface area contributed by atoms with E-state index in [0.29, 0.717) is 11.4 Å². The average Bonchev–Trinajstić information content (AvgIpc) is 2.10. The molecule has 0 aromatic carbocycles. The fourth-order valence-electron chi connectivity index (χ4n) is 1.01. The SMILES string of the molecule is Cc1nc(N)c(C(N)CO)cc1Br. The van der Waals surface area contributed by atoms with E-state index in [1.807, 2.05) is 6.92 Å². The van der Waals surface area contributed by atoms with Crippen LogP contribution in [0.5, 0.6) is 0 Å². The molecule has 0 aliphatic heterocycles. The summed E-state index contributed by atoms with van der Waals surface area (Å²) >= 11 is 3.32. The molecule has 5 N–H and O–H groups in total. The Morgan fingerprint density at radius 2 is 2.31 bits per heavy atom. The number of hydrogen-bond acceptors (Lipinski definition) is 4. The number of rotatable bonds is 2. The van der Waals surface area contributed by atoms with Gasteiger partial charge >= 0.3 is 0 Å². The summed E-state index contributed by atoms with van der Waals surface area (Å²) in [6, 6.07) is 1.32. The fraction of sp³-hybridized carbons (Fsp3) is 0.375. The summed E-state index contributed by atoms with van der Waals surface area (Å²) in [6.07, 6.45) is 0. The molecule has 4 nitrogen and oxygen atoms in total. The van der Waals surface area contributed by atoms with Gasteiger partial charge in [-0.1, -0.05) is 0 Å². The number of nitrogens with two attached hydrogens (primary N) is 2. The molecule has 13 heavy (non-hydrogen) atoms. The number of aliphatic hydroxyl groups excluding tert-OH is 1. The summed E-state index contributed by atoms with van der Waals surface area (Å²) in [4.78, 5) is 4.08. The molecular formula is C8H12BrN3O. The van der Waals surface area contributed by atoms with Gasteiger partial charge < -0.3 is 16.6 Å². The number of aromatic nitrogens is 1. The number of halogens is 1. The number of pyridine rings is 1. The Morgan fingerprint density at radius 1 is 1.69 bits per heavy atom. The van der Waals surface area contributed by atoms with Crippen molar-refractivity contribution < 1.29 is 5.11 Å². The molecule has 72 valence electrons. The lowest BCUT2D eigenvalue weighted by atomic mass is 10.1. The number of hydrogen-bond donors (Lipinski definition) is 3. The predicted molar refractivity (Wildman–Crippen MR) is 55.1 cm³/mol. The van der Waals surface area contributed by atoms with Crippen molar-refractivity contribution in [3.05, 3.63) is 21.8 Å². The Hall–Kier alpha value is -0.650. The van der Waals surface area contributed by atoms with Crippen LogP contribution in [-0.4, -0.2) is 16.7 Å². The lowest BCUT2D eigenvalue weighted by molar-refractivity contribution is 0.268. The minimum atomic E-state index is -0.468. The van der Waals surface area contributed by atoms with Crippen LogP contribution in [0.2, 0.25) is 0 Å². The van der Waals surface area contributed by atoms with E-state index in [1.165, 1.54) is 0 Å². The summed E-state index contributed by atoms with van der Waals surface area (Å²) in [6.45, 7) is 1.70. The summed E-state index contributed by atoms with van der Waals surface area (Å²) < 4.78 is 0.848. The number of aliphatic hydroxyl groups is 1. The predicted octanol–water partition coefficient (Wildman–Crippen LogP) is 0.727. The molecule has 0 radical (unpaired) electrons. The third-order valence-electron chi connectivity index (χ3n) is 1.81. The first kappa shape index (κ1) is 10.4. The molecule has 1 aromatic rings. The van der Waals surface area contributed by atoms with Crippen LogP contribution in [0.15, 0.2) is 10.5 Å². The van der Waals surface area contributed by atoms with Crippen LogP contribution >= 0.6 is 15.9 Å². The van der Waals surface area contributed by atoms with Crippen molar-refractivity contribution in [1.82, 2.24) is 4.98 Å². The second kappa shape index (κ2) is 4.04. The van der Waals surface area contributed by atoms with Crippen LogP contribution in [0.4, 0.5) is 5.82 Å². The van der Waals surface area contributed by atoms with Gasteiger partial charge in [-0.2, -0.15) is 0 Å². The molecule has 0 saturated heterocycles. The molecule has 0 fully saturated rings. The molecule has 1 rings (SSSR count).